The molecule has 0 saturated heterocycles. The van der Waals surface area contributed by atoms with E-state index in [1.54, 1.807) is 39.5 Å². The number of nitrogens with zero attached hydrogens (tertiary/aromatic N) is 1. The van der Waals surface area contributed by atoms with E-state index in [2.05, 4.69) is 10.3 Å². The molecule has 7 heteroatoms. The molecular formula is C21H22N2O4S. The van der Waals surface area contributed by atoms with Crippen LogP contribution in [0.4, 0.5) is 5.69 Å². The van der Waals surface area contributed by atoms with E-state index in [1.807, 2.05) is 31.2 Å². The number of anilines is 1. The van der Waals surface area contributed by atoms with Crippen molar-refractivity contribution in [3.63, 3.8) is 0 Å². The van der Waals surface area contributed by atoms with Gasteiger partial charge in [-0.3, -0.25) is 4.79 Å². The largest absolute Gasteiger partial charge is 0.497 e. The molecule has 3 rings (SSSR count). The van der Waals surface area contributed by atoms with Gasteiger partial charge in [0.05, 0.1) is 37.8 Å². The number of ether oxygens (including phenoxy) is 3. The number of aromatic nitrogens is 1. The van der Waals surface area contributed by atoms with Crippen LogP contribution in [-0.2, 0) is 4.79 Å². The summed E-state index contributed by atoms with van der Waals surface area (Å²) in [4.78, 5) is 17.1. The van der Waals surface area contributed by atoms with Gasteiger partial charge in [-0.15, -0.1) is 0 Å². The van der Waals surface area contributed by atoms with Crippen LogP contribution < -0.4 is 19.5 Å². The van der Waals surface area contributed by atoms with Gasteiger partial charge in [0, 0.05) is 11.5 Å². The van der Waals surface area contributed by atoms with Crippen molar-refractivity contribution >= 4 is 34.3 Å². The SMILES string of the molecule is COc1ccc(NC(=O)CSc2cc(C)c3cccc(OC)c3n2)c(OC)c1. The number of aryl methyl sites for hydroxylation is 1. The second-order valence-corrected chi connectivity index (χ2v) is 7.03. The maximum absolute atomic E-state index is 12.4. The van der Waals surface area contributed by atoms with Gasteiger partial charge >= 0.3 is 0 Å². The van der Waals surface area contributed by atoms with Crippen LogP contribution >= 0.6 is 11.8 Å². The third-order valence-corrected chi connectivity index (χ3v) is 5.15. The Morgan fingerprint density at radius 1 is 1.04 bits per heavy atom. The van der Waals surface area contributed by atoms with E-state index in [9.17, 15) is 4.79 Å². The smallest absolute Gasteiger partial charge is 0.234 e. The summed E-state index contributed by atoms with van der Waals surface area (Å²) in [6.07, 6.45) is 0. The molecule has 0 aliphatic rings. The Labute approximate surface area is 168 Å². The van der Waals surface area contributed by atoms with Gasteiger partial charge in [0.15, 0.2) is 0 Å². The number of amides is 1. The summed E-state index contributed by atoms with van der Waals surface area (Å²) >= 11 is 1.37. The molecule has 1 N–H and O–H groups in total. The van der Waals surface area contributed by atoms with Gasteiger partial charge in [0.25, 0.3) is 0 Å². The first-order valence-corrected chi connectivity index (χ1v) is 9.63. The minimum atomic E-state index is -0.145. The van der Waals surface area contributed by atoms with E-state index in [4.69, 9.17) is 14.2 Å². The van der Waals surface area contributed by atoms with Crippen molar-refractivity contribution in [2.24, 2.45) is 0 Å². The molecule has 146 valence electrons. The predicted molar refractivity (Wildman–Crippen MR) is 112 cm³/mol. The van der Waals surface area contributed by atoms with Crippen molar-refractivity contribution in [2.45, 2.75) is 11.9 Å². The molecule has 0 saturated carbocycles. The van der Waals surface area contributed by atoms with E-state index in [0.717, 1.165) is 27.2 Å². The summed E-state index contributed by atoms with van der Waals surface area (Å²) in [6, 6.07) is 13.1. The fraction of sp³-hybridized carbons (Fsp3) is 0.238. The Bertz CT molecular complexity index is 1010. The summed E-state index contributed by atoms with van der Waals surface area (Å²) in [5.74, 6) is 2.00. The van der Waals surface area contributed by atoms with Crippen molar-refractivity contribution in [3.8, 4) is 17.2 Å². The highest BCUT2D eigenvalue weighted by Crippen LogP contribution is 2.31. The highest BCUT2D eigenvalue weighted by Gasteiger charge is 2.12. The average molecular weight is 398 g/mol. The number of benzene rings is 2. The normalized spacial score (nSPS) is 10.6. The summed E-state index contributed by atoms with van der Waals surface area (Å²) in [5.41, 5.74) is 2.48. The second-order valence-electron chi connectivity index (χ2n) is 6.04. The van der Waals surface area contributed by atoms with Crippen molar-refractivity contribution in [1.82, 2.24) is 4.98 Å². The fourth-order valence-corrected chi connectivity index (χ4v) is 3.59. The lowest BCUT2D eigenvalue weighted by Crippen LogP contribution is -2.14. The second kappa shape index (κ2) is 8.84. The van der Waals surface area contributed by atoms with Crippen LogP contribution in [0.3, 0.4) is 0 Å². The molecule has 0 spiro atoms. The maximum atomic E-state index is 12.4. The number of para-hydroxylation sites is 1. The van der Waals surface area contributed by atoms with Crippen molar-refractivity contribution < 1.29 is 19.0 Å². The van der Waals surface area contributed by atoms with Crippen LogP contribution in [0, 0.1) is 6.92 Å². The lowest BCUT2D eigenvalue weighted by molar-refractivity contribution is -0.113. The Hall–Kier alpha value is -2.93. The molecule has 1 heterocycles. The fourth-order valence-electron chi connectivity index (χ4n) is 2.83. The van der Waals surface area contributed by atoms with Gasteiger partial charge in [-0.2, -0.15) is 0 Å². The van der Waals surface area contributed by atoms with Gasteiger partial charge in [-0.25, -0.2) is 4.98 Å². The van der Waals surface area contributed by atoms with E-state index in [-0.39, 0.29) is 11.7 Å². The number of rotatable bonds is 7. The Morgan fingerprint density at radius 3 is 2.54 bits per heavy atom. The molecule has 1 amide bonds. The van der Waals surface area contributed by atoms with Gasteiger partial charge in [-0.05, 0) is 36.8 Å². The zero-order valence-corrected chi connectivity index (χ0v) is 17.1. The monoisotopic (exact) mass is 398 g/mol. The molecular weight excluding hydrogens is 376 g/mol. The number of hydrogen-bond donors (Lipinski definition) is 1. The van der Waals surface area contributed by atoms with E-state index < -0.39 is 0 Å². The molecule has 6 nitrogen and oxygen atoms in total. The molecule has 3 aromatic rings. The molecule has 0 unspecified atom stereocenters. The Kier molecular flexibility index (Phi) is 6.26. The van der Waals surface area contributed by atoms with Crippen molar-refractivity contribution in [1.29, 1.82) is 0 Å². The molecule has 0 fully saturated rings. The molecule has 2 aromatic carbocycles. The van der Waals surface area contributed by atoms with Crippen molar-refractivity contribution in [3.05, 3.63) is 48.0 Å². The predicted octanol–water partition coefficient (Wildman–Crippen LogP) is 4.30. The zero-order chi connectivity index (χ0) is 20.1. The van der Waals surface area contributed by atoms with Crippen LogP contribution in [0.15, 0.2) is 47.5 Å². The maximum Gasteiger partial charge on any atom is 0.234 e. The third-order valence-electron chi connectivity index (χ3n) is 4.24. The average Bonchev–Trinajstić information content (AvgIpc) is 2.72. The first kappa shape index (κ1) is 19.8. The molecule has 1 aromatic heterocycles. The van der Waals surface area contributed by atoms with E-state index in [1.165, 1.54) is 11.8 Å². The van der Waals surface area contributed by atoms with Crippen LogP contribution in [0.2, 0.25) is 0 Å². The van der Waals surface area contributed by atoms with Crippen LogP contribution in [0.1, 0.15) is 5.56 Å². The molecule has 0 aliphatic heterocycles. The van der Waals surface area contributed by atoms with E-state index in [0.29, 0.717) is 17.2 Å². The van der Waals surface area contributed by atoms with E-state index >= 15 is 0 Å². The minimum Gasteiger partial charge on any atom is -0.497 e. The summed E-state index contributed by atoms with van der Waals surface area (Å²) in [5, 5.41) is 4.67. The number of nitrogens with one attached hydrogen (secondary N) is 1. The lowest BCUT2D eigenvalue weighted by Gasteiger charge is -2.12. The number of carbonyl (C=O) groups is 1. The van der Waals surface area contributed by atoms with Crippen molar-refractivity contribution in [2.75, 3.05) is 32.4 Å². The first-order chi connectivity index (χ1) is 13.5. The quantitative estimate of drug-likeness (QED) is 0.599. The van der Waals surface area contributed by atoms with Crippen LogP contribution in [0.25, 0.3) is 10.9 Å². The summed E-state index contributed by atoms with van der Waals surface area (Å²) in [7, 11) is 4.76. The molecule has 28 heavy (non-hydrogen) atoms. The lowest BCUT2D eigenvalue weighted by atomic mass is 10.1. The van der Waals surface area contributed by atoms with Crippen LogP contribution in [0.5, 0.6) is 17.2 Å². The number of fused-ring (bicyclic) bond motifs is 1. The van der Waals surface area contributed by atoms with Gasteiger partial charge in [0.1, 0.15) is 22.8 Å². The summed E-state index contributed by atoms with van der Waals surface area (Å²) < 4.78 is 15.9. The van der Waals surface area contributed by atoms with Gasteiger partial charge < -0.3 is 19.5 Å². The number of pyridine rings is 1. The molecule has 0 radical (unpaired) electrons. The highest BCUT2D eigenvalue weighted by atomic mass is 32.2. The minimum absolute atomic E-state index is 0.145. The van der Waals surface area contributed by atoms with Gasteiger partial charge in [0.2, 0.25) is 5.91 Å². The zero-order valence-electron chi connectivity index (χ0n) is 16.2. The third kappa shape index (κ3) is 4.31. The van der Waals surface area contributed by atoms with Gasteiger partial charge in [-0.1, -0.05) is 23.9 Å². The number of methoxy groups -OCH3 is 3. The topological polar surface area (TPSA) is 69.7 Å². The first-order valence-electron chi connectivity index (χ1n) is 8.64. The Morgan fingerprint density at radius 2 is 1.82 bits per heavy atom. The number of hydrogen-bond acceptors (Lipinski definition) is 6. The Balaban J connectivity index is 1.73. The number of thioether (sulfide) groups is 1. The summed E-state index contributed by atoms with van der Waals surface area (Å²) in [6.45, 7) is 2.02. The van der Waals surface area contributed by atoms with Crippen LogP contribution in [-0.4, -0.2) is 38.0 Å². The highest BCUT2D eigenvalue weighted by molar-refractivity contribution is 7.99. The standard InChI is InChI=1S/C21H22N2O4S/c1-13-10-20(23-21-15(13)6-5-7-17(21)26-3)28-12-19(24)22-16-9-8-14(25-2)11-18(16)27-4/h5-11H,12H2,1-4H3,(H,22,24). The molecule has 0 bridgehead atoms. The number of carbonyl (C=O) groups excluding carboxylic acids is 1. The molecule has 0 aliphatic carbocycles. The molecule has 0 atom stereocenters.